The van der Waals surface area contributed by atoms with Gasteiger partial charge in [-0.2, -0.15) is 0 Å². The van der Waals surface area contributed by atoms with E-state index in [1.807, 2.05) is 13.8 Å². The predicted octanol–water partition coefficient (Wildman–Crippen LogP) is 0.126. The molecule has 2 saturated heterocycles. The van der Waals surface area contributed by atoms with Gasteiger partial charge in [0.1, 0.15) is 6.10 Å². The van der Waals surface area contributed by atoms with Crippen LogP contribution in [0.1, 0.15) is 13.8 Å². The van der Waals surface area contributed by atoms with Gasteiger partial charge in [0.05, 0.1) is 19.3 Å². The minimum atomic E-state index is -0.439. The molecule has 2 rings (SSSR count). The Bertz CT molecular complexity index is 178. The summed E-state index contributed by atoms with van der Waals surface area (Å²) < 4.78 is 16.8. The van der Waals surface area contributed by atoms with Gasteiger partial charge in [0.2, 0.25) is 0 Å². The molecule has 0 aliphatic carbocycles. The summed E-state index contributed by atoms with van der Waals surface area (Å²) in [6.07, 6.45) is 0.235. The summed E-state index contributed by atoms with van der Waals surface area (Å²) in [4.78, 5) is 0. The van der Waals surface area contributed by atoms with Crippen molar-refractivity contribution in [2.24, 2.45) is 0 Å². The highest BCUT2D eigenvalue weighted by molar-refractivity contribution is 4.81. The smallest absolute Gasteiger partial charge is 0.163 e. The number of hydrogen-bond donors (Lipinski definition) is 1. The quantitative estimate of drug-likeness (QED) is 0.633. The summed E-state index contributed by atoms with van der Waals surface area (Å²) in [5, 5.41) is 3.28. The summed E-state index contributed by atoms with van der Waals surface area (Å²) >= 11 is 0. The second kappa shape index (κ2) is 3.53. The maximum absolute atomic E-state index is 5.70. The maximum Gasteiger partial charge on any atom is 0.163 e. The fraction of sp³-hybridized carbons (Fsp3) is 1.00. The van der Waals surface area contributed by atoms with E-state index in [-0.39, 0.29) is 12.2 Å². The zero-order valence-corrected chi connectivity index (χ0v) is 8.21. The fourth-order valence-corrected chi connectivity index (χ4v) is 1.72. The van der Waals surface area contributed by atoms with Crippen LogP contribution in [0.4, 0.5) is 0 Å². The van der Waals surface area contributed by atoms with Crippen molar-refractivity contribution in [1.29, 1.82) is 0 Å². The molecule has 0 aromatic carbocycles. The molecule has 4 heteroatoms. The average Bonchev–Trinajstić information content (AvgIpc) is 2.48. The maximum atomic E-state index is 5.70. The van der Waals surface area contributed by atoms with Crippen LogP contribution < -0.4 is 5.32 Å². The van der Waals surface area contributed by atoms with Crippen molar-refractivity contribution >= 4 is 0 Å². The molecule has 0 bridgehead atoms. The van der Waals surface area contributed by atoms with Gasteiger partial charge in [-0.05, 0) is 13.8 Å². The Morgan fingerprint density at radius 3 is 2.69 bits per heavy atom. The Hall–Kier alpha value is -0.160. The number of morpholine rings is 1. The topological polar surface area (TPSA) is 39.7 Å². The Labute approximate surface area is 78.5 Å². The van der Waals surface area contributed by atoms with Crippen molar-refractivity contribution in [3.8, 4) is 0 Å². The molecule has 0 aromatic heterocycles. The molecule has 0 spiro atoms. The molecule has 4 nitrogen and oxygen atoms in total. The molecule has 0 radical (unpaired) electrons. The highest BCUT2D eigenvalue weighted by atomic mass is 16.7. The first-order valence-electron chi connectivity index (χ1n) is 4.81. The van der Waals surface area contributed by atoms with Crippen molar-refractivity contribution in [3.63, 3.8) is 0 Å². The third-order valence-electron chi connectivity index (χ3n) is 2.40. The third-order valence-corrected chi connectivity index (χ3v) is 2.40. The van der Waals surface area contributed by atoms with E-state index in [1.165, 1.54) is 0 Å². The summed E-state index contributed by atoms with van der Waals surface area (Å²) in [6, 6.07) is 0. The van der Waals surface area contributed by atoms with Gasteiger partial charge in [-0.25, -0.2) is 0 Å². The minimum Gasteiger partial charge on any atom is -0.373 e. The number of nitrogens with one attached hydrogen (secondary N) is 1. The van der Waals surface area contributed by atoms with Crippen molar-refractivity contribution < 1.29 is 14.2 Å². The zero-order valence-electron chi connectivity index (χ0n) is 8.21. The van der Waals surface area contributed by atoms with Crippen molar-refractivity contribution in [3.05, 3.63) is 0 Å². The van der Waals surface area contributed by atoms with Crippen molar-refractivity contribution in [2.75, 3.05) is 26.3 Å². The van der Waals surface area contributed by atoms with Gasteiger partial charge in [-0.3, -0.25) is 0 Å². The first kappa shape index (κ1) is 9.40. The summed E-state index contributed by atoms with van der Waals surface area (Å²) in [5.41, 5.74) is 0. The number of hydrogen-bond acceptors (Lipinski definition) is 4. The molecule has 2 fully saturated rings. The van der Waals surface area contributed by atoms with Crippen LogP contribution in [0.3, 0.4) is 0 Å². The zero-order chi connectivity index (χ0) is 9.31. The van der Waals surface area contributed by atoms with E-state index in [1.54, 1.807) is 0 Å². The molecule has 1 N–H and O–H groups in total. The molecular formula is C9H17NO3. The summed E-state index contributed by atoms with van der Waals surface area (Å²) in [5.74, 6) is -0.439. The highest BCUT2D eigenvalue weighted by Gasteiger charge is 2.38. The molecule has 0 aromatic rings. The van der Waals surface area contributed by atoms with Crippen molar-refractivity contribution in [2.45, 2.75) is 31.8 Å². The molecule has 2 aliphatic heterocycles. The lowest BCUT2D eigenvalue weighted by molar-refractivity contribution is -0.158. The monoisotopic (exact) mass is 187 g/mol. The van der Waals surface area contributed by atoms with Gasteiger partial charge in [0.25, 0.3) is 0 Å². The SMILES string of the molecule is CC1(C)OCC(C2CNCCO2)O1. The lowest BCUT2D eigenvalue weighted by atomic mass is 10.2. The average molecular weight is 187 g/mol. The van der Waals surface area contributed by atoms with Gasteiger partial charge in [0, 0.05) is 13.1 Å². The lowest BCUT2D eigenvalue weighted by Gasteiger charge is -2.28. The fourth-order valence-electron chi connectivity index (χ4n) is 1.72. The van der Waals surface area contributed by atoms with E-state index in [9.17, 15) is 0 Å². The minimum absolute atomic E-state index is 0.0859. The molecule has 2 heterocycles. The highest BCUT2D eigenvalue weighted by Crippen LogP contribution is 2.25. The largest absolute Gasteiger partial charge is 0.373 e. The Kier molecular flexibility index (Phi) is 2.55. The lowest BCUT2D eigenvalue weighted by Crippen LogP contribution is -2.46. The van der Waals surface area contributed by atoms with Crippen molar-refractivity contribution in [1.82, 2.24) is 5.32 Å². The summed E-state index contributed by atoms with van der Waals surface area (Å²) in [6.45, 7) is 7.08. The van der Waals surface area contributed by atoms with Crippen LogP contribution in [-0.4, -0.2) is 44.3 Å². The predicted molar refractivity (Wildman–Crippen MR) is 47.5 cm³/mol. The van der Waals surface area contributed by atoms with E-state index in [0.717, 1.165) is 19.7 Å². The van der Waals surface area contributed by atoms with E-state index >= 15 is 0 Å². The summed E-state index contributed by atoms with van der Waals surface area (Å²) in [7, 11) is 0. The molecule has 0 saturated carbocycles. The Morgan fingerprint density at radius 2 is 2.15 bits per heavy atom. The van der Waals surface area contributed by atoms with Gasteiger partial charge in [-0.1, -0.05) is 0 Å². The molecule has 2 aliphatic rings. The second-order valence-electron chi connectivity index (χ2n) is 3.98. The number of ether oxygens (including phenoxy) is 3. The van der Waals surface area contributed by atoms with Crippen LogP contribution >= 0.6 is 0 Å². The van der Waals surface area contributed by atoms with Gasteiger partial charge in [-0.15, -0.1) is 0 Å². The van der Waals surface area contributed by atoms with Crippen LogP contribution in [-0.2, 0) is 14.2 Å². The molecular weight excluding hydrogens is 170 g/mol. The molecule has 13 heavy (non-hydrogen) atoms. The molecule has 0 amide bonds. The van der Waals surface area contributed by atoms with Gasteiger partial charge in [0.15, 0.2) is 5.79 Å². The van der Waals surface area contributed by atoms with Crippen LogP contribution in [0.2, 0.25) is 0 Å². The molecule has 2 unspecified atom stereocenters. The van der Waals surface area contributed by atoms with Crippen LogP contribution in [0.5, 0.6) is 0 Å². The first-order valence-corrected chi connectivity index (χ1v) is 4.81. The van der Waals surface area contributed by atoms with Crippen LogP contribution in [0.15, 0.2) is 0 Å². The normalized spacial score (nSPS) is 39.2. The third kappa shape index (κ3) is 2.20. The van der Waals surface area contributed by atoms with Gasteiger partial charge < -0.3 is 19.5 Å². The molecule has 2 atom stereocenters. The number of rotatable bonds is 1. The van der Waals surface area contributed by atoms with E-state index in [2.05, 4.69) is 5.32 Å². The second-order valence-corrected chi connectivity index (χ2v) is 3.98. The van der Waals surface area contributed by atoms with Crippen LogP contribution in [0.25, 0.3) is 0 Å². The van der Waals surface area contributed by atoms with Gasteiger partial charge >= 0.3 is 0 Å². The standard InChI is InChI=1S/C9H17NO3/c1-9(2)12-6-8(13-9)7-5-10-3-4-11-7/h7-8,10H,3-6H2,1-2H3. The van der Waals surface area contributed by atoms with E-state index < -0.39 is 5.79 Å². The van der Waals surface area contributed by atoms with E-state index in [4.69, 9.17) is 14.2 Å². The molecule has 76 valence electrons. The Morgan fingerprint density at radius 1 is 1.31 bits per heavy atom. The first-order chi connectivity index (χ1) is 6.17. The van der Waals surface area contributed by atoms with Crippen LogP contribution in [0, 0.1) is 0 Å². The Balaban J connectivity index is 1.87. The van der Waals surface area contributed by atoms with E-state index in [0.29, 0.717) is 6.61 Å².